The van der Waals surface area contributed by atoms with Crippen LogP contribution in [-0.2, 0) is 9.53 Å². The highest BCUT2D eigenvalue weighted by atomic mass is 35.5. The summed E-state index contributed by atoms with van der Waals surface area (Å²) in [6.45, 7) is 0. The van der Waals surface area contributed by atoms with E-state index in [1.54, 1.807) is 18.2 Å². The molecule has 2 aromatic rings. The molecule has 1 atom stereocenters. The van der Waals surface area contributed by atoms with Crippen LogP contribution in [0.3, 0.4) is 0 Å². The molecule has 1 amide bonds. The molecule has 0 aliphatic rings. The topological polar surface area (TPSA) is 38.3 Å². The van der Waals surface area contributed by atoms with Crippen LogP contribution in [0.4, 0.5) is 5.69 Å². The van der Waals surface area contributed by atoms with E-state index in [1.807, 2.05) is 30.3 Å². The molecule has 1 N–H and O–H groups in total. The van der Waals surface area contributed by atoms with Crippen molar-refractivity contribution in [2.24, 2.45) is 0 Å². The van der Waals surface area contributed by atoms with Gasteiger partial charge >= 0.3 is 0 Å². The van der Waals surface area contributed by atoms with Crippen LogP contribution in [0.25, 0.3) is 0 Å². The summed E-state index contributed by atoms with van der Waals surface area (Å²) in [7, 11) is 1.49. The Hall–Kier alpha value is -1.55. The highest BCUT2D eigenvalue weighted by molar-refractivity contribution is 6.42. The number of rotatable bonds is 4. The summed E-state index contributed by atoms with van der Waals surface area (Å²) < 4.78 is 5.25. The predicted octanol–water partition coefficient (Wildman–Crippen LogP) is 4.32. The van der Waals surface area contributed by atoms with Gasteiger partial charge in [0, 0.05) is 12.8 Å². The molecule has 20 heavy (non-hydrogen) atoms. The van der Waals surface area contributed by atoms with Crippen molar-refractivity contribution in [3.05, 3.63) is 64.1 Å². The Bertz CT molecular complexity index is 602. The first-order valence-corrected chi connectivity index (χ1v) is 6.71. The summed E-state index contributed by atoms with van der Waals surface area (Å²) in [5.74, 6) is -0.267. The maximum atomic E-state index is 12.2. The second kappa shape index (κ2) is 6.75. The number of hydrogen-bond acceptors (Lipinski definition) is 2. The first-order chi connectivity index (χ1) is 9.61. The van der Waals surface area contributed by atoms with Crippen LogP contribution in [0.5, 0.6) is 0 Å². The Morgan fingerprint density at radius 3 is 2.40 bits per heavy atom. The molecule has 0 saturated heterocycles. The van der Waals surface area contributed by atoms with E-state index in [9.17, 15) is 4.79 Å². The number of halogens is 2. The summed E-state index contributed by atoms with van der Waals surface area (Å²) >= 11 is 11.7. The third-order valence-corrected chi connectivity index (χ3v) is 3.50. The maximum Gasteiger partial charge on any atom is 0.258 e. The fourth-order valence-corrected chi connectivity index (χ4v) is 2.10. The van der Waals surface area contributed by atoms with Crippen LogP contribution in [0.15, 0.2) is 48.5 Å². The van der Waals surface area contributed by atoms with Crippen molar-refractivity contribution in [1.29, 1.82) is 0 Å². The molecule has 2 aromatic carbocycles. The van der Waals surface area contributed by atoms with Crippen LogP contribution in [-0.4, -0.2) is 13.0 Å². The van der Waals surface area contributed by atoms with Crippen molar-refractivity contribution in [2.75, 3.05) is 12.4 Å². The van der Waals surface area contributed by atoms with E-state index in [4.69, 9.17) is 27.9 Å². The molecule has 1 unspecified atom stereocenters. The molecule has 0 aliphatic heterocycles. The fraction of sp³-hybridized carbons (Fsp3) is 0.133. The zero-order chi connectivity index (χ0) is 14.5. The lowest BCUT2D eigenvalue weighted by Crippen LogP contribution is -2.22. The van der Waals surface area contributed by atoms with E-state index in [-0.39, 0.29) is 5.91 Å². The van der Waals surface area contributed by atoms with Crippen molar-refractivity contribution in [2.45, 2.75) is 6.10 Å². The highest BCUT2D eigenvalue weighted by Crippen LogP contribution is 2.26. The van der Waals surface area contributed by atoms with Crippen molar-refractivity contribution < 1.29 is 9.53 Å². The second-order valence-electron chi connectivity index (χ2n) is 4.14. The van der Waals surface area contributed by atoms with Gasteiger partial charge in [0.05, 0.1) is 10.0 Å². The van der Waals surface area contributed by atoms with E-state index in [1.165, 1.54) is 7.11 Å². The molecule has 5 heteroatoms. The van der Waals surface area contributed by atoms with Gasteiger partial charge in [0.25, 0.3) is 5.91 Å². The predicted molar refractivity (Wildman–Crippen MR) is 81.3 cm³/mol. The molecule has 0 aromatic heterocycles. The van der Waals surface area contributed by atoms with Gasteiger partial charge < -0.3 is 10.1 Å². The van der Waals surface area contributed by atoms with Gasteiger partial charge in [-0.05, 0) is 23.8 Å². The van der Waals surface area contributed by atoms with E-state index in [2.05, 4.69) is 5.32 Å². The zero-order valence-electron chi connectivity index (χ0n) is 10.8. The van der Waals surface area contributed by atoms with Crippen LogP contribution in [0, 0.1) is 0 Å². The highest BCUT2D eigenvalue weighted by Gasteiger charge is 2.19. The van der Waals surface area contributed by atoms with Crippen molar-refractivity contribution in [1.82, 2.24) is 0 Å². The molecule has 0 saturated carbocycles. The minimum Gasteiger partial charge on any atom is -0.367 e. The number of methoxy groups -OCH3 is 1. The third-order valence-electron chi connectivity index (χ3n) is 2.76. The van der Waals surface area contributed by atoms with Gasteiger partial charge in [-0.1, -0.05) is 53.5 Å². The van der Waals surface area contributed by atoms with Crippen molar-refractivity contribution in [3.63, 3.8) is 0 Å². The summed E-state index contributed by atoms with van der Waals surface area (Å²) in [5, 5.41) is 3.58. The minimum atomic E-state index is -0.675. The average Bonchev–Trinajstić information content (AvgIpc) is 2.45. The molecule has 0 spiro atoms. The van der Waals surface area contributed by atoms with Gasteiger partial charge in [0.1, 0.15) is 0 Å². The minimum absolute atomic E-state index is 0.267. The van der Waals surface area contributed by atoms with Gasteiger partial charge in [-0.3, -0.25) is 4.79 Å². The van der Waals surface area contributed by atoms with E-state index >= 15 is 0 Å². The molecule has 0 fully saturated rings. The molecule has 0 aliphatic carbocycles. The standard InChI is InChI=1S/C15H13Cl2NO2/c1-20-14(10-5-3-2-4-6-10)15(19)18-11-7-8-12(16)13(17)9-11/h2-9,14H,1H3,(H,18,19). The second-order valence-corrected chi connectivity index (χ2v) is 4.96. The lowest BCUT2D eigenvalue weighted by Gasteiger charge is -2.15. The number of ether oxygens (including phenoxy) is 1. The Labute approximate surface area is 127 Å². The number of carbonyl (C=O) groups is 1. The monoisotopic (exact) mass is 309 g/mol. The molecular formula is C15H13Cl2NO2. The maximum absolute atomic E-state index is 12.2. The summed E-state index contributed by atoms with van der Waals surface area (Å²) in [6.07, 6.45) is -0.675. The Morgan fingerprint density at radius 1 is 1.10 bits per heavy atom. The molecule has 0 radical (unpaired) electrons. The third kappa shape index (κ3) is 3.51. The van der Waals surface area contributed by atoms with Crippen molar-refractivity contribution in [3.8, 4) is 0 Å². The summed E-state index contributed by atoms with van der Waals surface area (Å²) in [6, 6.07) is 14.2. The van der Waals surface area contributed by atoms with Gasteiger partial charge in [0.2, 0.25) is 0 Å². The van der Waals surface area contributed by atoms with Crippen LogP contribution < -0.4 is 5.32 Å². The van der Waals surface area contributed by atoms with Gasteiger partial charge in [-0.2, -0.15) is 0 Å². The van der Waals surface area contributed by atoms with Crippen LogP contribution in [0.2, 0.25) is 10.0 Å². The molecular weight excluding hydrogens is 297 g/mol. The van der Waals surface area contributed by atoms with Gasteiger partial charge in [-0.25, -0.2) is 0 Å². The largest absolute Gasteiger partial charge is 0.367 e. The smallest absolute Gasteiger partial charge is 0.258 e. The van der Waals surface area contributed by atoms with E-state index < -0.39 is 6.10 Å². The number of carbonyl (C=O) groups excluding carboxylic acids is 1. The molecule has 3 nitrogen and oxygen atoms in total. The lowest BCUT2D eigenvalue weighted by molar-refractivity contribution is -0.126. The lowest BCUT2D eigenvalue weighted by atomic mass is 10.1. The first kappa shape index (κ1) is 14.9. The summed E-state index contributed by atoms with van der Waals surface area (Å²) in [4.78, 5) is 12.2. The number of amides is 1. The number of hydrogen-bond donors (Lipinski definition) is 1. The van der Waals surface area contributed by atoms with Crippen LogP contribution in [0.1, 0.15) is 11.7 Å². The number of anilines is 1. The van der Waals surface area contributed by atoms with E-state index in [0.717, 1.165) is 5.56 Å². The fourth-order valence-electron chi connectivity index (χ4n) is 1.80. The average molecular weight is 310 g/mol. The molecule has 2 rings (SSSR count). The normalized spacial score (nSPS) is 11.9. The quantitative estimate of drug-likeness (QED) is 0.913. The molecule has 0 bridgehead atoms. The summed E-state index contributed by atoms with van der Waals surface area (Å²) in [5.41, 5.74) is 1.36. The molecule has 104 valence electrons. The van der Waals surface area contributed by atoms with Gasteiger partial charge in [0.15, 0.2) is 6.10 Å². The molecule has 0 heterocycles. The Kier molecular flexibility index (Phi) is 5.01. The SMILES string of the molecule is COC(C(=O)Nc1ccc(Cl)c(Cl)c1)c1ccccc1. The number of nitrogens with one attached hydrogen (secondary N) is 1. The van der Waals surface area contributed by atoms with Crippen LogP contribution >= 0.6 is 23.2 Å². The van der Waals surface area contributed by atoms with E-state index in [0.29, 0.717) is 15.7 Å². The first-order valence-electron chi connectivity index (χ1n) is 5.95. The zero-order valence-corrected chi connectivity index (χ0v) is 12.3. The Morgan fingerprint density at radius 2 is 1.80 bits per heavy atom. The van der Waals surface area contributed by atoms with Gasteiger partial charge in [-0.15, -0.1) is 0 Å². The van der Waals surface area contributed by atoms with Crippen molar-refractivity contribution >= 4 is 34.8 Å². The number of benzene rings is 2. The Balaban J connectivity index is 2.15.